The number of aryl methyl sites for hydroxylation is 1. The van der Waals surface area contributed by atoms with Gasteiger partial charge in [0, 0.05) is 11.0 Å². The first-order valence-electron chi connectivity index (χ1n) is 14.1. The minimum atomic E-state index is -2.17. The fourth-order valence-corrected chi connectivity index (χ4v) is 7.29. The number of rotatable bonds is 2. The first kappa shape index (κ1) is 25.9. The maximum atomic E-state index is 15.3. The fraction of sp³-hybridized carbons (Fsp3) is 0.105. The molecular formula is C38H23F5. The molecule has 1 aliphatic carbocycles. The summed E-state index contributed by atoms with van der Waals surface area (Å²) in [4.78, 5) is 0. The number of hydrogen-bond acceptors (Lipinski definition) is 0. The SMILES string of the molecule is Cc1cc2c3c(ccc4cc(-c5c6ccccc6c(-c6c(F)c(F)c(F)c(F)c6F)c6ccccc56)cc(c43)C2(C)C)c1. The second-order valence-electron chi connectivity index (χ2n) is 12.0. The largest absolute Gasteiger partial charge is 0.203 e. The number of benzene rings is 7. The van der Waals surface area contributed by atoms with Crippen LogP contribution in [0.25, 0.3) is 65.3 Å². The molecule has 5 heteroatoms. The highest BCUT2D eigenvalue weighted by molar-refractivity contribution is 6.23. The van der Waals surface area contributed by atoms with Crippen LogP contribution < -0.4 is 0 Å². The van der Waals surface area contributed by atoms with E-state index in [0.29, 0.717) is 21.5 Å². The van der Waals surface area contributed by atoms with Crippen LogP contribution in [0.5, 0.6) is 0 Å². The normalized spacial score (nSPS) is 13.8. The van der Waals surface area contributed by atoms with Crippen molar-refractivity contribution in [1.29, 1.82) is 0 Å². The fourth-order valence-electron chi connectivity index (χ4n) is 7.29. The molecule has 0 spiro atoms. The third-order valence-electron chi connectivity index (χ3n) is 9.20. The Hall–Kier alpha value is -4.77. The Morgan fingerprint density at radius 2 is 0.907 bits per heavy atom. The Kier molecular flexibility index (Phi) is 5.20. The molecule has 8 rings (SSSR count). The summed E-state index contributed by atoms with van der Waals surface area (Å²) in [5.41, 5.74) is 4.17. The van der Waals surface area contributed by atoms with Crippen LogP contribution in [-0.4, -0.2) is 0 Å². The maximum absolute atomic E-state index is 15.3. The summed E-state index contributed by atoms with van der Waals surface area (Å²) >= 11 is 0. The third-order valence-corrected chi connectivity index (χ3v) is 9.20. The quantitative estimate of drug-likeness (QED) is 0.0633. The van der Waals surface area contributed by atoms with E-state index in [1.165, 1.54) is 32.8 Å². The van der Waals surface area contributed by atoms with Crippen LogP contribution in [0.4, 0.5) is 22.0 Å². The molecule has 0 atom stereocenters. The van der Waals surface area contributed by atoms with Gasteiger partial charge >= 0.3 is 0 Å². The van der Waals surface area contributed by atoms with Gasteiger partial charge in [0.15, 0.2) is 23.3 Å². The summed E-state index contributed by atoms with van der Waals surface area (Å²) in [6, 6.07) is 27.1. The maximum Gasteiger partial charge on any atom is 0.200 e. The zero-order chi connectivity index (χ0) is 29.9. The predicted octanol–water partition coefficient (Wildman–Crippen LogP) is 11.3. The van der Waals surface area contributed by atoms with Gasteiger partial charge in [-0.3, -0.25) is 0 Å². The molecule has 0 saturated heterocycles. The Balaban J connectivity index is 1.52. The summed E-state index contributed by atoms with van der Waals surface area (Å²) in [7, 11) is 0. The molecule has 0 bridgehead atoms. The van der Waals surface area contributed by atoms with Crippen molar-refractivity contribution in [2.45, 2.75) is 26.2 Å². The summed E-state index contributed by atoms with van der Waals surface area (Å²) in [5.74, 6) is -9.81. The van der Waals surface area contributed by atoms with Crippen molar-refractivity contribution in [1.82, 2.24) is 0 Å². The third kappa shape index (κ3) is 3.31. The average molecular weight is 575 g/mol. The Labute approximate surface area is 244 Å². The van der Waals surface area contributed by atoms with Crippen molar-refractivity contribution < 1.29 is 22.0 Å². The molecule has 0 aliphatic heterocycles. The Bertz CT molecular complexity index is 2300. The standard InChI is InChI=1S/C38H23F5/c1-18-14-19-12-13-20-16-21(17-27-30(20)29(19)26(15-18)38(27,2)3)28-22-8-4-6-10-24(22)31(25-11-7-5-9-23(25)28)32-33(39)35(41)37(43)36(42)34(32)40/h4-17H,1-3H3. The summed E-state index contributed by atoms with van der Waals surface area (Å²) in [5, 5.41) is 6.83. The molecule has 0 amide bonds. The average Bonchev–Trinajstić information content (AvgIpc) is 3.23. The van der Waals surface area contributed by atoms with E-state index < -0.39 is 34.6 Å². The monoisotopic (exact) mass is 574 g/mol. The molecule has 0 nitrogen and oxygen atoms in total. The van der Waals surface area contributed by atoms with Gasteiger partial charge in [0.05, 0.1) is 5.56 Å². The van der Waals surface area contributed by atoms with Gasteiger partial charge in [0.2, 0.25) is 5.82 Å². The Morgan fingerprint density at radius 1 is 0.465 bits per heavy atom. The lowest BCUT2D eigenvalue weighted by atomic mass is 9.79. The van der Waals surface area contributed by atoms with Crippen molar-refractivity contribution in [3.8, 4) is 22.3 Å². The van der Waals surface area contributed by atoms with E-state index in [1.54, 1.807) is 24.3 Å². The summed E-state index contributed by atoms with van der Waals surface area (Å²) in [6.07, 6.45) is 0. The van der Waals surface area contributed by atoms with Crippen LogP contribution in [0.1, 0.15) is 30.5 Å². The van der Waals surface area contributed by atoms with Gasteiger partial charge in [0.25, 0.3) is 0 Å². The lowest BCUT2D eigenvalue weighted by Crippen LogP contribution is -2.15. The smallest absolute Gasteiger partial charge is 0.200 e. The van der Waals surface area contributed by atoms with E-state index in [2.05, 4.69) is 57.2 Å². The summed E-state index contributed by atoms with van der Waals surface area (Å²) < 4.78 is 73.7. The molecule has 43 heavy (non-hydrogen) atoms. The van der Waals surface area contributed by atoms with Gasteiger partial charge in [-0.25, -0.2) is 22.0 Å². The Morgan fingerprint density at radius 3 is 1.44 bits per heavy atom. The highest BCUT2D eigenvalue weighted by atomic mass is 19.2. The first-order chi connectivity index (χ1) is 20.6. The zero-order valence-corrected chi connectivity index (χ0v) is 23.5. The van der Waals surface area contributed by atoms with Gasteiger partial charge in [-0.2, -0.15) is 0 Å². The molecule has 7 aromatic rings. The van der Waals surface area contributed by atoms with Crippen molar-refractivity contribution >= 4 is 43.1 Å². The molecule has 7 aromatic carbocycles. The molecule has 210 valence electrons. The number of halogens is 5. The van der Waals surface area contributed by atoms with Crippen molar-refractivity contribution in [3.63, 3.8) is 0 Å². The lowest BCUT2D eigenvalue weighted by molar-refractivity contribution is 0.381. The van der Waals surface area contributed by atoms with Crippen LogP contribution in [0.2, 0.25) is 0 Å². The molecule has 0 N–H and O–H groups in total. The van der Waals surface area contributed by atoms with Crippen LogP contribution >= 0.6 is 0 Å². The van der Waals surface area contributed by atoms with Crippen molar-refractivity contribution in [2.24, 2.45) is 0 Å². The van der Waals surface area contributed by atoms with Gasteiger partial charge < -0.3 is 0 Å². The zero-order valence-electron chi connectivity index (χ0n) is 23.5. The number of hydrogen-bond donors (Lipinski definition) is 0. The van der Waals surface area contributed by atoms with E-state index in [4.69, 9.17) is 0 Å². The lowest BCUT2D eigenvalue weighted by Gasteiger charge is -2.24. The van der Waals surface area contributed by atoms with Crippen LogP contribution in [0.15, 0.2) is 84.9 Å². The molecule has 1 aliphatic rings. The van der Waals surface area contributed by atoms with Gasteiger partial charge in [-0.15, -0.1) is 0 Å². The first-order valence-corrected chi connectivity index (χ1v) is 14.1. The molecular weight excluding hydrogens is 551 g/mol. The highest BCUT2D eigenvalue weighted by Crippen LogP contribution is 2.52. The van der Waals surface area contributed by atoms with E-state index in [-0.39, 0.29) is 11.0 Å². The van der Waals surface area contributed by atoms with E-state index in [1.807, 2.05) is 24.3 Å². The molecule has 0 heterocycles. The van der Waals surface area contributed by atoms with Gasteiger partial charge in [-0.1, -0.05) is 92.2 Å². The second kappa shape index (κ2) is 8.63. The van der Waals surface area contributed by atoms with E-state index >= 15 is 8.78 Å². The van der Waals surface area contributed by atoms with Gasteiger partial charge in [0.1, 0.15) is 0 Å². The number of fused-ring (bicyclic) bond motifs is 2. The van der Waals surface area contributed by atoms with Crippen molar-refractivity contribution in [3.05, 3.63) is 131 Å². The molecule has 0 saturated carbocycles. The van der Waals surface area contributed by atoms with Gasteiger partial charge in [-0.05, 0) is 84.4 Å². The molecule has 0 unspecified atom stereocenters. The minimum absolute atomic E-state index is 0.0296. The van der Waals surface area contributed by atoms with E-state index in [0.717, 1.165) is 16.5 Å². The van der Waals surface area contributed by atoms with Crippen molar-refractivity contribution in [2.75, 3.05) is 0 Å². The summed E-state index contributed by atoms with van der Waals surface area (Å²) in [6.45, 7) is 6.56. The topological polar surface area (TPSA) is 0 Å². The van der Waals surface area contributed by atoms with E-state index in [9.17, 15) is 13.2 Å². The second-order valence-corrected chi connectivity index (χ2v) is 12.0. The van der Waals surface area contributed by atoms with Crippen LogP contribution in [0.3, 0.4) is 0 Å². The molecule has 0 radical (unpaired) electrons. The van der Waals surface area contributed by atoms with Crippen LogP contribution in [0, 0.1) is 36.0 Å². The van der Waals surface area contributed by atoms with Crippen LogP contribution in [-0.2, 0) is 5.41 Å². The highest BCUT2D eigenvalue weighted by Gasteiger charge is 2.35. The predicted molar refractivity (Wildman–Crippen MR) is 164 cm³/mol. The molecule has 0 aromatic heterocycles. The molecule has 0 fully saturated rings. The minimum Gasteiger partial charge on any atom is -0.203 e.